The van der Waals surface area contributed by atoms with Crippen LogP contribution in [-0.2, 0) is 0 Å². The van der Waals surface area contributed by atoms with Gasteiger partial charge in [-0.15, -0.1) is 0 Å². The molecule has 1 aromatic carbocycles. The fraction of sp³-hybridized carbons (Fsp3) is 0.0909. The van der Waals surface area contributed by atoms with Gasteiger partial charge in [0.2, 0.25) is 5.76 Å². The highest BCUT2D eigenvalue weighted by molar-refractivity contribution is 5.78. The second-order valence-corrected chi connectivity index (χ2v) is 3.51. The van der Waals surface area contributed by atoms with Gasteiger partial charge in [-0.25, -0.2) is 9.97 Å². The number of nitrogen functional groups attached to an aromatic ring is 1. The van der Waals surface area contributed by atoms with Crippen LogP contribution in [0.25, 0.3) is 22.8 Å². The summed E-state index contributed by atoms with van der Waals surface area (Å²) >= 11 is 0. The number of rotatable bonds is 1. The van der Waals surface area contributed by atoms with E-state index < -0.39 is 0 Å². The summed E-state index contributed by atoms with van der Waals surface area (Å²) in [6, 6.07) is 5.31. The number of fused-ring (bicyclic) bond motifs is 1. The van der Waals surface area contributed by atoms with Crippen LogP contribution in [0, 0.1) is 6.92 Å². The summed E-state index contributed by atoms with van der Waals surface area (Å²) in [7, 11) is 0. The number of benzene rings is 1. The topological polar surface area (TPSA) is 78.1 Å². The van der Waals surface area contributed by atoms with Gasteiger partial charge in [-0.1, -0.05) is 0 Å². The molecule has 80 valence electrons. The van der Waals surface area contributed by atoms with Crippen LogP contribution in [0.1, 0.15) is 5.69 Å². The van der Waals surface area contributed by atoms with Gasteiger partial charge in [0, 0.05) is 5.69 Å². The summed E-state index contributed by atoms with van der Waals surface area (Å²) in [5.41, 5.74) is 8.46. The van der Waals surface area contributed by atoms with Crippen LogP contribution in [-0.4, -0.2) is 9.97 Å². The van der Waals surface area contributed by atoms with Crippen molar-refractivity contribution < 1.29 is 8.83 Å². The van der Waals surface area contributed by atoms with Crippen molar-refractivity contribution in [1.82, 2.24) is 9.97 Å². The molecule has 3 rings (SSSR count). The third-order valence-electron chi connectivity index (χ3n) is 2.35. The molecule has 0 unspecified atom stereocenters. The molecule has 0 aliphatic rings. The largest absolute Gasteiger partial charge is 0.438 e. The molecule has 0 amide bonds. The van der Waals surface area contributed by atoms with E-state index in [0.29, 0.717) is 28.4 Å². The Hall–Kier alpha value is -2.30. The van der Waals surface area contributed by atoms with Gasteiger partial charge in [-0.3, -0.25) is 0 Å². The minimum Gasteiger partial charge on any atom is -0.438 e. The SMILES string of the molecule is Cc1ncoc1-c1nc2cc(N)ccc2o1. The minimum absolute atomic E-state index is 0.426. The third-order valence-corrected chi connectivity index (χ3v) is 2.35. The first-order valence-electron chi connectivity index (χ1n) is 4.80. The molecule has 0 saturated carbocycles. The molecule has 16 heavy (non-hydrogen) atoms. The minimum atomic E-state index is 0.426. The van der Waals surface area contributed by atoms with Gasteiger partial charge >= 0.3 is 0 Å². The van der Waals surface area contributed by atoms with E-state index in [0.717, 1.165) is 5.69 Å². The lowest BCUT2D eigenvalue weighted by atomic mass is 10.3. The van der Waals surface area contributed by atoms with Crippen LogP contribution in [0.4, 0.5) is 5.69 Å². The molecule has 3 aromatic rings. The van der Waals surface area contributed by atoms with E-state index in [1.54, 1.807) is 18.2 Å². The van der Waals surface area contributed by atoms with Crippen molar-refractivity contribution in [3.63, 3.8) is 0 Å². The summed E-state index contributed by atoms with van der Waals surface area (Å²) in [6.45, 7) is 1.84. The number of anilines is 1. The number of nitrogens with two attached hydrogens (primary N) is 1. The summed E-state index contributed by atoms with van der Waals surface area (Å²) in [6.07, 6.45) is 1.37. The van der Waals surface area contributed by atoms with E-state index in [9.17, 15) is 0 Å². The molecule has 0 radical (unpaired) electrons. The fourth-order valence-corrected chi connectivity index (χ4v) is 1.55. The maximum absolute atomic E-state index is 5.66. The van der Waals surface area contributed by atoms with Crippen molar-refractivity contribution in [3.8, 4) is 11.7 Å². The van der Waals surface area contributed by atoms with Crippen LogP contribution >= 0.6 is 0 Å². The van der Waals surface area contributed by atoms with Crippen LogP contribution in [0.15, 0.2) is 33.4 Å². The smallest absolute Gasteiger partial charge is 0.265 e. The molecule has 0 saturated heterocycles. The second kappa shape index (κ2) is 3.10. The Balaban J connectivity index is 2.23. The first-order valence-corrected chi connectivity index (χ1v) is 4.80. The van der Waals surface area contributed by atoms with Gasteiger partial charge in [0.25, 0.3) is 5.89 Å². The second-order valence-electron chi connectivity index (χ2n) is 3.51. The van der Waals surface area contributed by atoms with E-state index in [-0.39, 0.29) is 0 Å². The molecule has 5 nitrogen and oxygen atoms in total. The maximum atomic E-state index is 5.66. The van der Waals surface area contributed by atoms with Crippen LogP contribution in [0.2, 0.25) is 0 Å². The zero-order valence-corrected chi connectivity index (χ0v) is 8.60. The predicted molar refractivity (Wildman–Crippen MR) is 58.7 cm³/mol. The van der Waals surface area contributed by atoms with Crippen molar-refractivity contribution in [2.45, 2.75) is 6.92 Å². The standard InChI is InChI=1S/C11H9N3O2/c1-6-10(15-5-13-6)11-14-8-4-7(12)2-3-9(8)16-11/h2-5H,12H2,1H3. The molecule has 2 N–H and O–H groups in total. The van der Waals surface area contributed by atoms with Crippen molar-refractivity contribution in [3.05, 3.63) is 30.3 Å². The zero-order valence-electron chi connectivity index (χ0n) is 8.60. The van der Waals surface area contributed by atoms with E-state index in [1.807, 2.05) is 6.92 Å². The normalized spacial score (nSPS) is 11.1. The zero-order chi connectivity index (χ0) is 11.1. The number of nitrogens with zero attached hydrogens (tertiary/aromatic N) is 2. The van der Waals surface area contributed by atoms with Gasteiger partial charge in [0.05, 0.1) is 5.69 Å². The number of aromatic nitrogens is 2. The lowest BCUT2D eigenvalue weighted by Crippen LogP contribution is -1.82. The van der Waals surface area contributed by atoms with E-state index in [2.05, 4.69) is 9.97 Å². The van der Waals surface area contributed by atoms with E-state index in [1.165, 1.54) is 6.39 Å². The molecular weight excluding hydrogens is 206 g/mol. The van der Waals surface area contributed by atoms with Gasteiger partial charge in [0.15, 0.2) is 12.0 Å². The molecule has 0 fully saturated rings. The van der Waals surface area contributed by atoms with Crippen LogP contribution in [0.3, 0.4) is 0 Å². The van der Waals surface area contributed by atoms with Gasteiger partial charge < -0.3 is 14.6 Å². The molecule has 2 aromatic heterocycles. The molecule has 0 bridgehead atoms. The molecule has 0 aliphatic heterocycles. The fourth-order valence-electron chi connectivity index (χ4n) is 1.55. The quantitative estimate of drug-likeness (QED) is 0.630. The molecule has 0 aliphatic carbocycles. The Morgan fingerprint density at radius 3 is 2.94 bits per heavy atom. The number of aryl methyl sites for hydroxylation is 1. The van der Waals surface area contributed by atoms with Gasteiger partial charge in [-0.2, -0.15) is 0 Å². The number of oxazole rings is 2. The van der Waals surface area contributed by atoms with Gasteiger partial charge in [-0.05, 0) is 25.1 Å². The molecule has 2 heterocycles. The Morgan fingerprint density at radius 2 is 2.19 bits per heavy atom. The van der Waals surface area contributed by atoms with Crippen molar-refractivity contribution >= 4 is 16.8 Å². The van der Waals surface area contributed by atoms with Crippen molar-refractivity contribution in [1.29, 1.82) is 0 Å². The van der Waals surface area contributed by atoms with E-state index in [4.69, 9.17) is 14.6 Å². The number of hydrogen-bond donors (Lipinski definition) is 1. The lowest BCUT2D eigenvalue weighted by molar-refractivity contribution is 0.529. The first kappa shape index (κ1) is 8.96. The van der Waals surface area contributed by atoms with Crippen molar-refractivity contribution in [2.24, 2.45) is 0 Å². The summed E-state index contributed by atoms with van der Waals surface area (Å²) in [5, 5.41) is 0. The Labute approximate surface area is 90.9 Å². The molecule has 0 atom stereocenters. The maximum Gasteiger partial charge on any atom is 0.265 e. The predicted octanol–water partition coefficient (Wildman–Crippen LogP) is 2.37. The Morgan fingerprint density at radius 1 is 1.31 bits per heavy atom. The highest BCUT2D eigenvalue weighted by atomic mass is 16.4. The highest BCUT2D eigenvalue weighted by Gasteiger charge is 2.14. The number of hydrogen-bond acceptors (Lipinski definition) is 5. The highest BCUT2D eigenvalue weighted by Crippen LogP contribution is 2.26. The first-order chi connectivity index (χ1) is 7.74. The van der Waals surface area contributed by atoms with Crippen molar-refractivity contribution in [2.75, 3.05) is 5.73 Å². The summed E-state index contributed by atoms with van der Waals surface area (Å²) in [5.74, 6) is 0.977. The van der Waals surface area contributed by atoms with Crippen LogP contribution in [0.5, 0.6) is 0 Å². The molecule has 5 heteroatoms. The van der Waals surface area contributed by atoms with Crippen LogP contribution < -0.4 is 5.73 Å². The van der Waals surface area contributed by atoms with Gasteiger partial charge in [0.1, 0.15) is 5.52 Å². The Kier molecular flexibility index (Phi) is 1.73. The summed E-state index contributed by atoms with van der Waals surface area (Å²) in [4.78, 5) is 8.29. The average molecular weight is 215 g/mol. The third kappa shape index (κ3) is 1.25. The lowest BCUT2D eigenvalue weighted by Gasteiger charge is -1.88. The average Bonchev–Trinajstić information content (AvgIpc) is 2.82. The molecule has 0 spiro atoms. The Bertz CT molecular complexity index is 654. The summed E-state index contributed by atoms with van der Waals surface area (Å²) < 4.78 is 10.8. The monoisotopic (exact) mass is 215 g/mol. The molecular formula is C11H9N3O2. The van der Waals surface area contributed by atoms with E-state index >= 15 is 0 Å².